The molecule has 0 aromatic carbocycles. The molecule has 128 valence electrons. The van der Waals surface area contributed by atoms with Crippen molar-refractivity contribution in [2.75, 3.05) is 11.9 Å². The molecule has 1 aromatic heterocycles. The summed E-state index contributed by atoms with van der Waals surface area (Å²) in [5.74, 6) is 0.107. The first-order chi connectivity index (χ1) is 10.9. The third-order valence-corrected chi connectivity index (χ3v) is 4.45. The molecule has 2 fully saturated rings. The second kappa shape index (κ2) is 6.33. The molecule has 3 rings (SSSR count). The zero-order chi connectivity index (χ0) is 16.5. The zero-order valence-electron chi connectivity index (χ0n) is 13.8. The van der Waals surface area contributed by atoms with Crippen LogP contribution in [0.2, 0.25) is 0 Å². The largest absolute Gasteiger partial charge is 0.444 e. The number of hydrogen-bond acceptors (Lipinski definition) is 7. The molecule has 1 unspecified atom stereocenters. The number of hydrogen-bond donors (Lipinski definition) is 1. The molecule has 1 aliphatic heterocycles. The highest BCUT2D eigenvalue weighted by Crippen LogP contribution is 2.42. The molecule has 0 radical (unpaired) electrons. The van der Waals surface area contributed by atoms with Crippen molar-refractivity contribution in [1.82, 2.24) is 9.36 Å². The summed E-state index contributed by atoms with van der Waals surface area (Å²) in [4.78, 5) is 16.1. The Labute approximate surface area is 139 Å². The number of ether oxygens (including phenoxy) is 3. The normalized spacial score (nSPS) is 23.9. The van der Waals surface area contributed by atoms with Crippen molar-refractivity contribution in [1.29, 1.82) is 0 Å². The quantitative estimate of drug-likeness (QED) is 0.884. The lowest BCUT2D eigenvalue weighted by molar-refractivity contribution is -0.188. The number of carbonyl (C=O) groups is 1. The summed E-state index contributed by atoms with van der Waals surface area (Å²) in [5, 5.41) is 3.01. The van der Waals surface area contributed by atoms with Gasteiger partial charge in [0.1, 0.15) is 11.7 Å². The zero-order valence-corrected chi connectivity index (χ0v) is 14.6. The molecule has 1 amide bonds. The van der Waals surface area contributed by atoms with Crippen molar-refractivity contribution in [3.05, 3.63) is 5.82 Å². The molecule has 1 saturated heterocycles. The molecule has 1 atom stereocenters. The van der Waals surface area contributed by atoms with Gasteiger partial charge in [0.25, 0.3) is 0 Å². The van der Waals surface area contributed by atoms with Crippen LogP contribution in [0.1, 0.15) is 64.8 Å². The van der Waals surface area contributed by atoms with Gasteiger partial charge in [-0.2, -0.15) is 4.37 Å². The van der Waals surface area contributed by atoms with Gasteiger partial charge in [-0.25, -0.2) is 9.78 Å². The van der Waals surface area contributed by atoms with Crippen molar-refractivity contribution < 1.29 is 19.0 Å². The summed E-state index contributed by atoms with van der Waals surface area (Å²) in [6.45, 7) is 5.89. The van der Waals surface area contributed by atoms with E-state index in [9.17, 15) is 4.79 Å². The first-order valence-corrected chi connectivity index (χ1v) is 8.78. The van der Waals surface area contributed by atoms with E-state index in [1.165, 1.54) is 6.42 Å². The molecule has 1 aliphatic carbocycles. The summed E-state index contributed by atoms with van der Waals surface area (Å²) in [6, 6.07) is 0. The van der Waals surface area contributed by atoms with Crippen LogP contribution >= 0.6 is 11.5 Å². The number of nitrogens with zero attached hydrogens (tertiary/aromatic N) is 2. The fraction of sp³-hybridized carbons (Fsp3) is 0.800. The van der Waals surface area contributed by atoms with Gasteiger partial charge in [0, 0.05) is 24.4 Å². The lowest BCUT2D eigenvalue weighted by atomic mass is 9.94. The van der Waals surface area contributed by atoms with Gasteiger partial charge in [0.05, 0.1) is 6.61 Å². The summed E-state index contributed by atoms with van der Waals surface area (Å²) in [5.41, 5.74) is -0.548. The molecule has 2 aliphatic rings. The third kappa shape index (κ3) is 4.19. The highest BCUT2D eigenvalue weighted by Gasteiger charge is 2.44. The minimum Gasteiger partial charge on any atom is -0.444 e. The van der Waals surface area contributed by atoms with Crippen LogP contribution in [-0.2, 0) is 14.2 Å². The van der Waals surface area contributed by atoms with E-state index in [1.54, 1.807) is 0 Å². The van der Waals surface area contributed by atoms with Crippen LogP contribution in [0.4, 0.5) is 9.93 Å². The number of carbonyl (C=O) groups excluding carboxylic acids is 1. The molecule has 1 aromatic rings. The second-order valence-corrected chi connectivity index (χ2v) is 7.73. The van der Waals surface area contributed by atoms with E-state index >= 15 is 0 Å². The first kappa shape index (κ1) is 16.6. The summed E-state index contributed by atoms with van der Waals surface area (Å²) < 4.78 is 21.5. The van der Waals surface area contributed by atoms with Crippen LogP contribution in [0.5, 0.6) is 0 Å². The fourth-order valence-electron chi connectivity index (χ4n) is 2.84. The predicted molar refractivity (Wildman–Crippen MR) is 85.4 cm³/mol. The highest BCUT2D eigenvalue weighted by molar-refractivity contribution is 7.09. The van der Waals surface area contributed by atoms with Gasteiger partial charge in [-0.05, 0) is 33.6 Å². The third-order valence-electron chi connectivity index (χ3n) is 3.81. The van der Waals surface area contributed by atoms with E-state index < -0.39 is 17.5 Å². The Balaban J connectivity index is 1.58. The van der Waals surface area contributed by atoms with Crippen LogP contribution in [0.25, 0.3) is 0 Å². The summed E-state index contributed by atoms with van der Waals surface area (Å²) >= 11 is 1.12. The number of aromatic nitrogens is 2. The van der Waals surface area contributed by atoms with Gasteiger partial charge in [-0.3, -0.25) is 5.32 Å². The van der Waals surface area contributed by atoms with Crippen molar-refractivity contribution in [3.63, 3.8) is 0 Å². The predicted octanol–water partition coefficient (Wildman–Crippen LogP) is 3.63. The van der Waals surface area contributed by atoms with Gasteiger partial charge in [-0.15, -0.1) is 0 Å². The summed E-state index contributed by atoms with van der Waals surface area (Å²) in [7, 11) is 0. The van der Waals surface area contributed by atoms with Gasteiger partial charge < -0.3 is 14.2 Å². The van der Waals surface area contributed by atoms with E-state index in [0.717, 1.165) is 37.2 Å². The van der Waals surface area contributed by atoms with Gasteiger partial charge >= 0.3 is 6.09 Å². The number of rotatable bonds is 2. The Morgan fingerprint density at radius 2 is 2.09 bits per heavy atom. The maximum atomic E-state index is 11.8. The molecule has 8 heteroatoms. The monoisotopic (exact) mass is 341 g/mol. The van der Waals surface area contributed by atoms with Crippen LogP contribution in [0.3, 0.4) is 0 Å². The molecule has 1 spiro atoms. The SMILES string of the molecule is CC(C)(C)OC(=O)Nc1nc(C2COC3(CCCCC3)O2)ns1. The van der Waals surface area contributed by atoms with Gasteiger partial charge in [-0.1, -0.05) is 6.42 Å². The smallest absolute Gasteiger partial charge is 0.414 e. The van der Waals surface area contributed by atoms with E-state index in [-0.39, 0.29) is 6.10 Å². The molecule has 2 heterocycles. The number of nitrogens with one attached hydrogen (secondary N) is 1. The van der Waals surface area contributed by atoms with Crippen LogP contribution in [0, 0.1) is 0 Å². The molecular weight excluding hydrogens is 318 g/mol. The van der Waals surface area contributed by atoms with Crippen LogP contribution in [-0.4, -0.2) is 33.4 Å². The Bertz CT molecular complexity index is 563. The van der Waals surface area contributed by atoms with E-state index in [0.29, 0.717) is 17.6 Å². The van der Waals surface area contributed by atoms with Crippen molar-refractivity contribution >= 4 is 22.8 Å². The molecule has 0 bridgehead atoms. The molecule has 7 nitrogen and oxygen atoms in total. The van der Waals surface area contributed by atoms with Gasteiger partial charge in [0.2, 0.25) is 5.13 Å². The molecule has 23 heavy (non-hydrogen) atoms. The standard InChI is InChI=1S/C15H23N3O4S/c1-14(2,3)22-13(19)17-12-16-11(18-23-12)10-9-20-15(21-10)7-5-4-6-8-15/h10H,4-9H2,1-3H3,(H,16,17,18,19). The van der Waals surface area contributed by atoms with E-state index in [4.69, 9.17) is 14.2 Å². The van der Waals surface area contributed by atoms with Crippen molar-refractivity contribution in [2.45, 2.75) is 70.4 Å². The minimum atomic E-state index is -0.548. The number of anilines is 1. The summed E-state index contributed by atoms with van der Waals surface area (Å²) in [6.07, 6.45) is 4.54. The number of amides is 1. The lowest BCUT2D eigenvalue weighted by Crippen LogP contribution is -2.32. The average Bonchev–Trinajstić information content (AvgIpc) is 3.05. The minimum absolute atomic E-state index is 0.265. The average molecular weight is 341 g/mol. The first-order valence-electron chi connectivity index (χ1n) is 8.01. The van der Waals surface area contributed by atoms with Crippen LogP contribution < -0.4 is 5.32 Å². The van der Waals surface area contributed by atoms with Crippen molar-refractivity contribution in [2.24, 2.45) is 0 Å². The van der Waals surface area contributed by atoms with E-state index in [2.05, 4.69) is 14.7 Å². The van der Waals surface area contributed by atoms with Crippen molar-refractivity contribution in [3.8, 4) is 0 Å². The van der Waals surface area contributed by atoms with Gasteiger partial charge in [0.15, 0.2) is 11.6 Å². The lowest BCUT2D eigenvalue weighted by Gasteiger charge is -2.31. The fourth-order valence-corrected chi connectivity index (χ4v) is 3.44. The maximum Gasteiger partial charge on any atom is 0.414 e. The molecular formula is C15H23N3O4S. The van der Waals surface area contributed by atoms with Crippen LogP contribution in [0.15, 0.2) is 0 Å². The Hall–Kier alpha value is -1.25. The highest BCUT2D eigenvalue weighted by atomic mass is 32.1. The topological polar surface area (TPSA) is 82.6 Å². The maximum absolute atomic E-state index is 11.8. The van der Waals surface area contributed by atoms with E-state index in [1.807, 2.05) is 20.8 Å². The molecule has 1 saturated carbocycles. The molecule has 1 N–H and O–H groups in total. The Kier molecular flexibility index (Phi) is 4.57. The Morgan fingerprint density at radius 1 is 1.35 bits per heavy atom. The Morgan fingerprint density at radius 3 is 2.78 bits per heavy atom. The second-order valence-electron chi connectivity index (χ2n) is 6.97.